The van der Waals surface area contributed by atoms with E-state index in [-0.39, 0.29) is 30.5 Å². The molecular formula is C18H19FN2O4S. The maximum absolute atomic E-state index is 12.9. The van der Waals surface area contributed by atoms with E-state index in [4.69, 9.17) is 4.74 Å². The molecule has 138 valence electrons. The summed E-state index contributed by atoms with van der Waals surface area (Å²) in [6.07, 6.45) is -0.482. The first kappa shape index (κ1) is 18.5. The molecule has 0 saturated carbocycles. The predicted molar refractivity (Wildman–Crippen MR) is 94.9 cm³/mol. The Labute approximate surface area is 151 Å². The molecule has 1 N–H and O–H groups in total. The number of hydrogen-bond donors (Lipinski definition) is 1. The number of amides is 1. The number of carbonyl (C=O) groups excluding carboxylic acids is 1. The molecule has 2 aromatic carbocycles. The maximum atomic E-state index is 12.9. The molecule has 0 bridgehead atoms. The Morgan fingerprint density at radius 3 is 2.46 bits per heavy atom. The summed E-state index contributed by atoms with van der Waals surface area (Å²) in [5, 5.41) is 0. The average Bonchev–Trinajstić information content (AvgIpc) is 2.62. The fourth-order valence-electron chi connectivity index (χ4n) is 2.62. The van der Waals surface area contributed by atoms with E-state index in [0.717, 1.165) is 23.4 Å². The Bertz CT molecular complexity index is 882. The van der Waals surface area contributed by atoms with Crippen LogP contribution in [0.3, 0.4) is 0 Å². The maximum Gasteiger partial charge on any atom is 0.253 e. The number of anilines is 1. The van der Waals surface area contributed by atoms with Gasteiger partial charge in [0.05, 0.1) is 17.5 Å². The van der Waals surface area contributed by atoms with Crippen molar-refractivity contribution in [2.24, 2.45) is 0 Å². The third kappa shape index (κ3) is 4.27. The van der Waals surface area contributed by atoms with Gasteiger partial charge in [0.1, 0.15) is 12.4 Å². The number of nitrogens with zero attached hydrogens (tertiary/aromatic N) is 1. The lowest BCUT2D eigenvalue weighted by Gasteiger charge is -2.32. The van der Waals surface area contributed by atoms with Crippen molar-refractivity contribution in [3.8, 4) is 0 Å². The summed E-state index contributed by atoms with van der Waals surface area (Å²) in [6.45, 7) is 2.10. The highest BCUT2D eigenvalue weighted by Crippen LogP contribution is 2.19. The smallest absolute Gasteiger partial charge is 0.253 e. The van der Waals surface area contributed by atoms with Crippen LogP contribution in [0.2, 0.25) is 0 Å². The van der Waals surface area contributed by atoms with Crippen molar-refractivity contribution in [3.63, 3.8) is 0 Å². The molecule has 1 saturated heterocycles. The van der Waals surface area contributed by atoms with Crippen LogP contribution in [-0.4, -0.2) is 40.1 Å². The van der Waals surface area contributed by atoms with Gasteiger partial charge < -0.3 is 9.64 Å². The number of hydrogen-bond acceptors (Lipinski definition) is 4. The van der Waals surface area contributed by atoms with Gasteiger partial charge in [-0.05, 0) is 43.3 Å². The van der Waals surface area contributed by atoms with Gasteiger partial charge in [0, 0.05) is 12.2 Å². The Hall–Kier alpha value is -2.29. The molecule has 8 heteroatoms. The van der Waals surface area contributed by atoms with E-state index in [1.54, 1.807) is 4.90 Å². The molecule has 0 aromatic heterocycles. The topological polar surface area (TPSA) is 75.7 Å². The molecular weight excluding hydrogens is 359 g/mol. The molecule has 3 rings (SSSR count). The van der Waals surface area contributed by atoms with Gasteiger partial charge in [-0.3, -0.25) is 4.79 Å². The molecule has 1 aliphatic heterocycles. The Morgan fingerprint density at radius 1 is 1.15 bits per heavy atom. The first-order valence-corrected chi connectivity index (χ1v) is 9.57. The number of benzene rings is 2. The van der Waals surface area contributed by atoms with E-state index < -0.39 is 21.9 Å². The molecule has 0 aliphatic carbocycles. The van der Waals surface area contributed by atoms with Crippen LogP contribution in [0.4, 0.5) is 10.1 Å². The summed E-state index contributed by atoms with van der Waals surface area (Å²) >= 11 is 0. The number of aryl methyl sites for hydroxylation is 1. The molecule has 1 fully saturated rings. The van der Waals surface area contributed by atoms with Gasteiger partial charge in [-0.15, -0.1) is 0 Å². The number of rotatable bonds is 5. The molecule has 1 heterocycles. The quantitative estimate of drug-likeness (QED) is 0.862. The molecule has 0 spiro atoms. The van der Waals surface area contributed by atoms with Crippen LogP contribution >= 0.6 is 0 Å². The molecule has 1 aliphatic rings. The molecule has 1 unspecified atom stereocenters. The summed E-state index contributed by atoms with van der Waals surface area (Å²) < 4.78 is 45.4. The van der Waals surface area contributed by atoms with E-state index >= 15 is 0 Å². The SMILES string of the molecule is Cc1ccc(N2CC(CNS(=O)(=O)c3ccc(F)cc3)OCC2=O)cc1. The van der Waals surface area contributed by atoms with Crippen molar-refractivity contribution in [1.82, 2.24) is 4.72 Å². The highest BCUT2D eigenvalue weighted by Gasteiger charge is 2.28. The highest BCUT2D eigenvalue weighted by atomic mass is 32.2. The van der Waals surface area contributed by atoms with Gasteiger partial charge in [0.2, 0.25) is 10.0 Å². The van der Waals surface area contributed by atoms with Crippen molar-refractivity contribution in [3.05, 3.63) is 59.9 Å². The van der Waals surface area contributed by atoms with Crippen LogP contribution in [0, 0.1) is 12.7 Å². The second-order valence-electron chi connectivity index (χ2n) is 6.08. The van der Waals surface area contributed by atoms with Gasteiger partial charge >= 0.3 is 0 Å². The zero-order chi connectivity index (χ0) is 18.7. The minimum Gasteiger partial charge on any atom is -0.365 e. The van der Waals surface area contributed by atoms with E-state index in [1.807, 2.05) is 31.2 Å². The third-order valence-electron chi connectivity index (χ3n) is 4.10. The fraction of sp³-hybridized carbons (Fsp3) is 0.278. The fourth-order valence-corrected chi connectivity index (χ4v) is 3.69. The number of nitrogens with one attached hydrogen (secondary N) is 1. The van der Waals surface area contributed by atoms with Gasteiger partial charge in [0.25, 0.3) is 5.91 Å². The number of halogens is 1. The van der Waals surface area contributed by atoms with Crippen LogP contribution in [0.1, 0.15) is 5.56 Å². The minimum absolute atomic E-state index is 0.00928. The van der Waals surface area contributed by atoms with Crippen molar-refractivity contribution in [2.75, 3.05) is 24.6 Å². The second-order valence-corrected chi connectivity index (χ2v) is 7.85. The Kier molecular flexibility index (Phi) is 5.36. The molecule has 6 nitrogen and oxygen atoms in total. The van der Waals surface area contributed by atoms with E-state index in [0.29, 0.717) is 0 Å². The van der Waals surface area contributed by atoms with Crippen molar-refractivity contribution >= 4 is 21.6 Å². The first-order chi connectivity index (χ1) is 12.3. The molecule has 26 heavy (non-hydrogen) atoms. The monoisotopic (exact) mass is 378 g/mol. The predicted octanol–water partition coefficient (Wildman–Crippen LogP) is 1.84. The van der Waals surface area contributed by atoms with E-state index in [9.17, 15) is 17.6 Å². The Morgan fingerprint density at radius 2 is 1.81 bits per heavy atom. The number of morpholine rings is 1. The molecule has 1 atom stereocenters. The van der Waals surface area contributed by atoms with Gasteiger partial charge in [-0.25, -0.2) is 17.5 Å². The van der Waals surface area contributed by atoms with Crippen LogP contribution < -0.4 is 9.62 Å². The van der Waals surface area contributed by atoms with Crippen LogP contribution in [0.25, 0.3) is 0 Å². The second kappa shape index (κ2) is 7.53. The van der Waals surface area contributed by atoms with Crippen LogP contribution in [0.15, 0.2) is 53.4 Å². The highest BCUT2D eigenvalue weighted by molar-refractivity contribution is 7.89. The van der Waals surface area contributed by atoms with E-state index in [2.05, 4.69) is 4.72 Å². The summed E-state index contributed by atoms with van der Waals surface area (Å²) in [7, 11) is -3.78. The van der Waals surface area contributed by atoms with Gasteiger partial charge in [-0.2, -0.15) is 0 Å². The average molecular weight is 378 g/mol. The normalized spacial score (nSPS) is 18.2. The lowest BCUT2D eigenvalue weighted by molar-refractivity contribution is -0.129. The first-order valence-electron chi connectivity index (χ1n) is 8.09. The summed E-state index contributed by atoms with van der Waals surface area (Å²) in [6, 6.07) is 12.1. The lowest BCUT2D eigenvalue weighted by Crippen LogP contribution is -2.50. The van der Waals surface area contributed by atoms with Crippen LogP contribution in [-0.2, 0) is 19.6 Å². The van der Waals surface area contributed by atoms with Gasteiger partial charge in [-0.1, -0.05) is 17.7 Å². The largest absolute Gasteiger partial charge is 0.365 e. The summed E-state index contributed by atoms with van der Waals surface area (Å²) in [5.41, 5.74) is 1.83. The zero-order valence-corrected chi connectivity index (χ0v) is 15.0. The number of ether oxygens (including phenoxy) is 1. The number of sulfonamides is 1. The standard InChI is InChI=1S/C18H19FN2O4S/c1-13-2-6-15(7-3-13)21-11-16(25-12-18(21)22)10-20-26(23,24)17-8-4-14(19)5-9-17/h2-9,16,20H,10-12H2,1H3. The van der Waals surface area contributed by atoms with E-state index in [1.165, 1.54) is 12.1 Å². The Balaban J connectivity index is 1.65. The lowest BCUT2D eigenvalue weighted by atomic mass is 10.2. The molecule has 2 aromatic rings. The summed E-state index contributed by atoms with van der Waals surface area (Å²) in [4.78, 5) is 13.7. The van der Waals surface area contributed by atoms with Crippen molar-refractivity contribution in [2.45, 2.75) is 17.9 Å². The minimum atomic E-state index is -3.78. The molecule has 0 radical (unpaired) electrons. The summed E-state index contributed by atoms with van der Waals surface area (Å²) in [5.74, 6) is -0.682. The van der Waals surface area contributed by atoms with Crippen molar-refractivity contribution < 1.29 is 22.3 Å². The van der Waals surface area contributed by atoms with Gasteiger partial charge in [0.15, 0.2) is 0 Å². The molecule has 1 amide bonds. The van der Waals surface area contributed by atoms with Crippen LogP contribution in [0.5, 0.6) is 0 Å². The number of carbonyl (C=O) groups is 1. The third-order valence-corrected chi connectivity index (χ3v) is 5.54. The zero-order valence-electron chi connectivity index (χ0n) is 14.2. The van der Waals surface area contributed by atoms with Crippen molar-refractivity contribution in [1.29, 1.82) is 0 Å².